The molecule has 0 bridgehead atoms. The number of alkyl halides is 1. The van der Waals surface area contributed by atoms with E-state index in [1.54, 1.807) is 4.90 Å². The van der Waals surface area contributed by atoms with Crippen molar-refractivity contribution in [2.24, 2.45) is 5.92 Å². The number of nitrogens with zero attached hydrogens (tertiary/aromatic N) is 1. The van der Waals surface area contributed by atoms with Crippen molar-refractivity contribution in [2.75, 3.05) is 13.2 Å². The lowest BCUT2D eigenvalue weighted by Crippen LogP contribution is -2.35. The highest BCUT2D eigenvalue weighted by molar-refractivity contribution is 5.73. The van der Waals surface area contributed by atoms with Gasteiger partial charge < -0.3 is 4.90 Å². The van der Waals surface area contributed by atoms with Crippen molar-refractivity contribution in [3.8, 4) is 0 Å². The molecule has 1 saturated heterocycles. The molecule has 11 heavy (non-hydrogen) atoms. The Kier molecular flexibility index (Phi) is 2.47. The molecular weight excluding hydrogens is 145 g/mol. The number of likely N-dealkylation sites (tertiary alicyclic amines) is 1. The summed E-state index contributed by atoms with van der Waals surface area (Å²) in [5.41, 5.74) is 0. The minimum Gasteiger partial charge on any atom is -0.337 e. The average molecular weight is 159 g/mol. The summed E-state index contributed by atoms with van der Waals surface area (Å²) in [4.78, 5) is 12.5. The van der Waals surface area contributed by atoms with Gasteiger partial charge in [0, 0.05) is 13.5 Å². The predicted octanol–water partition coefficient (Wildman–Crippen LogP) is 1.21. The van der Waals surface area contributed by atoms with E-state index in [0.29, 0.717) is 5.92 Å². The van der Waals surface area contributed by atoms with Crippen LogP contribution in [0.3, 0.4) is 0 Å². The molecule has 0 aromatic rings. The molecule has 0 radical (unpaired) electrons. The average Bonchev–Trinajstić information content (AvgIpc) is 2.30. The first kappa shape index (κ1) is 8.50. The van der Waals surface area contributed by atoms with Crippen LogP contribution < -0.4 is 0 Å². The van der Waals surface area contributed by atoms with Gasteiger partial charge in [-0.15, -0.1) is 0 Å². The highest BCUT2D eigenvalue weighted by Gasteiger charge is 2.30. The SMILES string of the molecule is CC(=O)N1CC(C)CC1CF. The molecule has 3 heteroatoms. The zero-order chi connectivity index (χ0) is 8.43. The van der Waals surface area contributed by atoms with Gasteiger partial charge in [0.1, 0.15) is 6.67 Å². The van der Waals surface area contributed by atoms with Crippen molar-refractivity contribution in [1.82, 2.24) is 4.90 Å². The molecule has 64 valence electrons. The Hall–Kier alpha value is -0.600. The van der Waals surface area contributed by atoms with E-state index in [4.69, 9.17) is 0 Å². The smallest absolute Gasteiger partial charge is 0.219 e. The normalized spacial score (nSPS) is 31.0. The van der Waals surface area contributed by atoms with Crippen LogP contribution in [0.4, 0.5) is 4.39 Å². The second-order valence-corrected chi connectivity index (χ2v) is 3.32. The largest absolute Gasteiger partial charge is 0.337 e. The molecule has 1 heterocycles. The van der Waals surface area contributed by atoms with Crippen molar-refractivity contribution >= 4 is 5.91 Å². The van der Waals surface area contributed by atoms with Gasteiger partial charge in [-0.2, -0.15) is 0 Å². The highest BCUT2D eigenvalue weighted by Crippen LogP contribution is 2.22. The van der Waals surface area contributed by atoms with Crippen LogP contribution in [0, 0.1) is 5.92 Å². The van der Waals surface area contributed by atoms with Crippen LogP contribution in [0.5, 0.6) is 0 Å². The van der Waals surface area contributed by atoms with Gasteiger partial charge in [-0.05, 0) is 12.3 Å². The van der Waals surface area contributed by atoms with Crippen molar-refractivity contribution in [1.29, 1.82) is 0 Å². The maximum atomic E-state index is 12.3. The summed E-state index contributed by atoms with van der Waals surface area (Å²) in [6.07, 6.45) is 0.816. The van der Waals surface area contributed by atoms with E-state index in [-0.39, 0.29) is 11.9 Å². The number of carbonyl (C=O) groups excluding carboxylic acids is 1. The fourth-order valence-electron chi connectivity index (χ4n) is 1.68. The summed E-state index contributed by atoms with van der Waals surface area (Å²) < 4.78 is 12.3. The molecule has 2 nitrogen and oxygen atoms in total. The molecule has 1 fully saturated rings. The van der Waals surface area contributed by atoms with E-state index >= 15 is 0 Å². The first-order valence-electron chi connectivity index (χ1n) is 3.98. The van der Waals surface area contributed by atoms with Crippen LogP contribution in [0.15, 0.2) is 0 Å². The van der Waals surface area contributed by atoms with Crippen LogP contribution in [-0.4, -0.2) is 30.1 Å². The van der Waals surface area contributed by atoms with E-state index < -0.39 is 6.67 Å². The third kappa shape index (κ3) is 1.70. The number of amides is 1. The molecule has 2 atom stereocenters. The molecular formula is C8H14FNO. The summed E-state index contributed by atoms with van der Waals surface area (Å²) in [7, 11) is 0. The van der Waals surface area contributed by atoms with E-state index in [1.807, 2.05) is 6.92 Å². The van der Waals surface area contributed by atoms with Crippen LogP contribution in [0.2, 0.25) is 0 Å². The zero-order valence-electron chi connectivity index (χ0n) is 7.01. The monoisotopic (exact) mass is 159 g/mol. The van der Waals surface area contributed by atoms with Crippen molar-refractivity contribution in [3.05, 3.63) is 0 Å². The minimum absolute atomic E-state index is 0.00278. The Labute approximate surface area is 66.4 Å². The van der Waals surface area contributed by atoms with Crippen molar-refractivity contribution < 1.29 is 9.18 Å². The summed E-state index contributed by atoms with van der Waals surface area (Å²) >= 11 is 0. The summed E-state index contributed by atoms with van der Waals surface area (Å²) in [5.74, 6) is 0.455. The topological polar surface area (TPSA) is 20.3 Å². The molecule has 0 saturated carbocycles. The Balaban J connectivity index is 2.57. The molecule has 0 aromatic heterocycles. The fourth-order valence-corrected chi connectivity index (χ4v) is 1.68. The molecule has 1 rings (SSSR count). The van der Waals surface area contributed by atoms with Crippen LogP contribution in [0.1, 0.15) is 20.3 Å². The lowest BCUT2D eigenvalue weighted by Gasteiger charge is -2.19. The van der Waals surface area contributed by atoms with Crippen LogP contribution in [-0.2, 0) is 4.79 Å². The van der Waals surface area contributed by atoms with Crippen LogP contribution in [0.25, 0.3) is 0 Å². The maximum absolute atomic E-state index is 12.3. The zero-order valence-corrected chi connectivity index (χ0v) is 7.01. The molecule has 1 aliphatic heterocycles. The molecule has 0 spiro atoms. The highest BCUT2D eigenvalue weighted by atomic mass is 19.1. The standard InChI is InChI=1S/C8H14FNO/c1-6-3-8(4-9)10(5-6)7(2)11/h6,8H,3-5H2,1-2H3. The molecule has 1 aliphatic rings. The number of halogens is 1. The second-order valence-electron chi connectivity index (χ2n) is 3.32. The number of carbonyl (C=O) groups is 1. The summed E-state index contributed by atoms with van der Waals surface area (Å²) in [6, 6.07) is -0.150. The molecule has 1 amide bonds. The molecule has 0 aromatic carbocycles. The first-order valence-corrected chi connectivity index (χ1v) is 3.98. The summed E-state index contributed by atoms with van der Waals surface area (Å²) in [6.45, 7) is 3.88. The van der Waals surface area contributed by atoms with Crippen molar-refractivity contribution in [3.63, 3.8) is 0 Å². The quantitative estimate of drug-likeness (QED) is 0.563. The number of rotatable bonds is 1. The Bertz CT molecular complexity index is 160. The van der Waals surface area contributed by atoms with Gasteiger partial charge in [-0.1, -0.05) is 6.92 Å². The van der Waals surface area contributed by atoms with Gasteiger partial charge in [0.05, 0.1) is 6.04 Å². The first-order chi connectivity index (χ1) is 5.15. The van der Waals surface area contributed by atoms with Gasteiger partial charge >= 0.3 is 0 Å². The Morgan fingerprint density at radius 2 is 2.36 bits per heavy atom. The Morgan fingerprint density at radius 1 is 1.73 bits per heavy atom. The van der Waals surface area contributed by atoms with E-state index in [2.05, 4.69) is 0 Å². The van der Waals surface area contributed by atoms with E-state index in [0.717, 1.165) is 13.0 Å². The van der Waals surface area contributed by atoms with Crippen LogP contribution >= 0.6 is 0 Å². The second kappa shape index (κ2) is 3.20. The van der Waals surface area contributed by atoms with Crippen molar-refractivity contribution in [2.45, 2.75) is 26.3 Å². The lowest BCUT2D eigenvalue weighted by molar-refractivity contribution is -0.130. The maximum Gasteiger partial charge on any atom is 0.219 e. The van der Waals surface area contributed by atoms with Gasteiger partial charge in [0.25, 0.3) is 0 Å². The summed E-state index contributed by atoms with van der Waals surface area (Å²) in [5, 5.41) is 0. The lowest BCUT2D eigenvalue weighted by atomic mass is 10.1. The van der Waals surface area contributed by atoms with Gasteiger partial charge in [-0.3, -0.25) is 4.79 Å². The third-order valence-corrected chi connectivity index (χ3v) is 2.21. The number of hydrogen-bond donors (Lipinski definition) is 0. The minimum atomic E-state index is -0.399. The Morgan fingerprint density at radius 3 is 2.73 bits per heavy atom. The van der Waals surface area contributed by atoms with Gasteiger partial charge in [0.15, 0.2) is 0 Å². The molecule has 2 unspecified atom stereocenters. The van der Waals surface area contributed by atoms with Gasteiger partial charge in [-0.25, -0.2) is 4.39 Å². The number of hydrogen-bond acceptors (Lipinski definition) is 1. The third-order valence-electron chi connectivity index (χ3n) is 2.21. The van der Waals surface area contributed by atoms with E-state index in [1.165, 1.54) is 6.92 Å². The molecule has 0 aliphatic carbocycles. The predicted molar refractivity (Wildman–Crippen MR) is 40.9 cm³/mol. The van der Waals surface area contributed by atoms with E-state index in [9.17, 15) is 9.18 Å². The fraction of sp³-hybridized carbons (Fsp3) is 0.875. The molecule has 0 N–H and O–H groups in total. The van der Waals surface area contributed by atoms with Gasteiger partial charge in [0.2, 0.25) is 5.91 Å².